The molecule has 0 bridgehead atoms. The summed E-state index contributed by atoms with van der Waals surface area (Å²) in [5.41, 5.74) is 2.52. The second-order valence-electron chi connectivity index (χ2n) is 6.57. The zero-order valence-corrected chi connectivity index (χ0v) is 14.8. The summed E-state index contributed by atoms with van der Waals surface area (Å²) >= 11 is 0. The maximum atomic E-state index is 12.9. The molecule has 1 aromatic carbocycles. The van der Waals surface area contributed by atoms with Gasteiger partial charge in [0.2, 0.25) is 0 Å². The Labute approximate surface area is 139 Å². The zero-order valence-electron chi connectivity index (χ0n) is 13.9. The average Bonchev–Trinajstić information content (AvgIpc) is 3.06. The zero-order chi connectivity index (χ0) is 16.4. The molecule has 2 aliphatic heterocycles. The first-order valence-corrected chi connectivity index (χ1v) is 9.76. The van der Waals surface area contributed by atoms with Gasteiger partial charge in [-0.25, -0.2) is 0 Å². The van der Waals surface area contributed by atoms with Gasteiger partial charge in [-0.3, -0.25) is 0 Å². The van der Waals surface area contributed by atoms with E-state index in [1.165, 1.54) is 11.1 Å². The van der Waals surface area contributed by atoms with E-state index >= 15 is 0 Å². The third-order valence-corrected chi connectivity index (χ3v) is 7.18. The first-order chi connectivity index (χ1) is 11.0. The minimum Gasteiger partial charge on any atom is -0.381 e. The molecule has 128 valence electrons. The van der Waals surface area contributed by atoms with Gasteiger partial charge in [-0.2, -0.15) is 17.0 Å². The summed E-state index contributed by atoms with van der Waals surface area (Å²) in [6.07, 6.45) is 2.46. The molecule has 6 heteroatoms. The predicted molar refractivity (Wildman–Crippen MR) is 90.6 cm³/mol. The number of nitrogens with zero attached hydrogens (tertiary/aromatic N) is 2. The lowest BCUT2D eigenvalue weighted by Gasteiger charge is -2.33. The van der Waals surface area contributed by atoms with Crippen LogP contribution >= 0.6 is 0 Å². The summed E-state index contributed by atoms with van der Waals surface area (Å²) in [6, 6.07) is 8.35. The highest BCUT2D eigenvalue weighted by Gasteiger charge is 2.37. The van der Waals surface area contributed by atoms with E-state index in [9.17, 15) is 8.42 Å². The summed E-state index contributed by atoms with van der Waals surface area (Å²) in [4.78, 5) is 0. The van der Waals surface area contributed by atoms with Gasteiger partial charge in [0.15, 0.2) is 0 Å². The van der Waals surface area contributed by atoms with Gasteiger partial charge < -0.3 is 4.74 Å². The maximum Gasteiger partial charge on any atom is 0.281 e. The third-order valence-electron chi connectivity index (χ3n) is 5.17. The first kappa shape index (κ1) is 16.9. The van der Waals surface area contributed by atoms with Gasteiger partial charge in [-0.15, -0.1) is 0 Å². The second kappa shape index (κ2) is 6.89. The molecular weight excluding hydrogens is 312 g/mol. The monoisotopic (exact) mass is 338 g/mol. The van der Waals surface area contributed by atoms with Gasteiger partial charge in [0.1, 0.15) is 0 Å². The van der Waals surface area contributed by atoms with Crippen molar-refractivity contribution in [3.8, 4) is 0 Å². The number of ether oxygens (including phenoxy) is 1. The van der Waals surface area contributed by atoms with Gasteiger partial charge in [0.05, 0.1) is 0 Å². The van der Waals surface area contributed by atoms with Crippen LogP contribution in [0, 0.1) is 6.92 Å². The van der Waals surface area contributed by atoms with E-state index in [1.54, 1.807) is 15.7 Å². The minimum absolute atomic E-state index is 0.0614. The lowest BCUT2D eigenvalue weighted by molar-refractivity contribution is 0.0620. The van der Waals surface area contributed by atoms with Gasteiger partial charge in [-0.05, 0) is 43.2 Å². The number of rotatable bonds is 4. The Morgan fingerprint density at radius 3 is 2.57 bits per heavy atom. The lowest BCUT2D eigenvalue weighted by atomic mass is 9.94. The summed E-state index contributed by atoms with van der Waals surface area (Å²) in [5.74, 6) is 0.300. The summed E-state index contributed by atoms with van der Waals surface area (Å²) < 4.78 is 34.4. The van der Waals surface area contributed by atoms with E-state index in [0.717, 1.165) is 19.3 Å². The molecule has 2 fully saturated rings. The molecule has 23 heavy (non-hydrogen) atoms. The highest BCUT2D eigenvalue weighted by atomic mass is 32.2. The van der Waals surface area contributed by atoms with Crippen LogP contribution in [0.1, 0.15) is 36.3 Å². The molecule has 0 amide bonds. The van der Waals surface area contributed by atoms with Gasteiger partial charge >= 0.3 is 0 Å². The molecule has 0 aromatic heterocycles. The van der Waals surface area contributed by atoms with Crippen LogP contribution in [0.3, 0.4) is 0 Å². The fourth-order valence-electron chi connectivity index (χ4n) is 3.66. The standard InChI is InChI=1S/C17H26N2O3S/c1-14-5-3-4-6-17(14)15-7-10-19(13-15)23(20,21)18(2)16-8-11-22-12-9-16/h3-6,15-16H,7-13H2,1-2H3/t15-/m0/s1. The van der Waals surface area contributed by atoms with E-state index in [2.05, 4.69) is 19.1 Å². The quantitative estimate of drug-likeness (QED) is 0.845. The molecule has 0 N–H and O–H groups in total. The average molecular weight is 338 g/mol. The van der Waals surface area contributed by atoms with Crippen molar-refractivity contribution in [2.75, 3.05) is 33.4 Å². The molecule has 2 saturated heterocycles. The molecule has 0 unspecified atom stereocenters. The van der Waals surface area contributed by atoms with Crippen molar-refractivity contribution in [1.29, 1.82) is 0 Å². The normalized spacial score (nSPS) is 24.4. The van der Waals surface area contributed by atoms with E-state index < -0.39 is 10.2 Å². The number of aryl methyl sites for hydroxylation is 1. The van der Waals surface area contributed by atoms with Crippen LogP contribution in [-0.4, -0.2) is 56.4 Å². The minimum atomic E-state index is -3.38. The van der Waals surface area contributed by atoms with Crippen molar-refractivity contribution in [2.45, 2.75) is 38.1 Å². The Balaban J connectivity index is 1.71. The van der Waals surface area contributed by atoms with Crippen LogP contribution in [0.25, 0.3) is 0 Å². The fraction of sp³-hybridized carbons (Fsp3) is 0.647. The largest absolute Gasteiger partial charge is 0.381 e. The Bertz CT molecular complexity index is 641. The SMILES string of the molecule is Cc1ccccc1[C@H]1CCN(S(=O)(=O)N(C)C2CCOCC2)C1. The predicted octanol–water partition coefficient (Wildman–Crippen LogP) is 2.14. The van der Waals surface area contributed by atoms with Crippen molar-refractivity contribution >= 4 is 10.2 Å². The molecule has 0 spiro atoms. The Kier molecular flexibility index (Phi) is 5.06. The molecule has 2 aliphatic rings. The van der Waals surface area contributed by atoms with E-state index in [0.29, 0.717) is 32.2 Å². The molecule has 1 atom stereocenters. The maximum absolute atomic E-state index is 12.9. The van der Waals surface area contributed by atoms with Gasteiger partial charge in [0.25, 0.3) is 10.2 Å². The Morgan fingerprint density at radius 2 is 1.87 bits per heavy atom. The van der Waals surface area contributed by atoms with E-state index in [1.807, 2.05) is 12.1 Å². The van der Waals surface area contributed by atoms with E-state index in [4.69, 9.17) is 4.74 Å². The van der Waals surface area contributed by atoms with Crippen molar-refractivity contribution in [3.63, 3.8) is 0 Å². The highest BCUT2D eigenvalue weighted by Crippen LogP contribution is 2.32. The summed E-state index contributed by atoms with van der Waals surface area (Å²) in [6.45, 7) is 4.59. The fourth-order valence-corrected chi connectivity index (χ4v) is 5.31. The van der Waals surface area contributed by atoms with Crippen LogP contribution in [0.4, 0.5) is 0 Å². The second-order valence-corrected chi connectivity index (χ2v) is 8.56. The van der Waals surface area contributed by atoms with E-state index in [-0.39, 0.29) is 6.04 Å². The molecular formula is C17H26N2O3S. The molecule has 0 aliphatic carbocycles. The third kappa shape index (κ3) is 3.45. The van der Waals surface area contributed by atoms with Crippen LogP contribution in [0.2, 0.25) is 0 Å². The summed E-state index contributed by atoms with van der Waals surface area (Å²) in [5, 5.41) is 0. The Hall–Kier alpha value is -0.950. The number of hydrogen-bond acceptors (Lipinski definition) is 3. The van der Waals surface area contributed by atoms with Crippen molar-refractivity contribution in [1.82, 2.24) is 8.61 Å². The van der Waals surface area contributed by atoms with Crippen LogP contribution in [-0.2, 0) is 14.9 Å². The smallest absolute Gasteiger partial charge is 0.281 e. The van der Waals surface area contributed by atoms with Crippen molar-refractivity contribution in [3.05, 3.63) is 35.4 Å². The molecule has 0 radical (unpaired) electrons. The molecule has 5 nitrogen and oxygen atoms in total. The summed E-state index contributed by atoms with van der Waals surface area (Å²) in [7, 11) is -1.67. The van der Waals surface area contributed by atoms with Crippen LogP contribution in [0.5, 0.6) is 0 Å². The highest BCUT2D eigenvalue weighted by molar-refractivity contribution is 7.86. The van der Waals surface area contributed by atoms with Crippen LogP contribution < -0.4 is 0 Å². The van der Waals surface area contributed by atoms with Crippen LogP contribution in [0.15, 0.2) is 24.3 Å². The molecule has 1 aromatic rings. The molecule has 0 saturated carbocycles. The number of benzene rings is 1. The topological polar surface area (TPSA) is 49.9 Å². The molecule has 2 heterocycles. The van der Waals surface area contributed by atoms with Crippen molar-refractivity contribution < 1.29 is 13.2 Å². The Morgan fingerprint density at radius 1 is 1.17 bits per heavy atom. The van der Waals surface area contributed by atoms with Crippen molar-refractivity contribution in [2.24, 2.45) is 0 Å². The van der Waals surface area contributed by atoms with Gasteiger partial charge in [-0.1, -0.05) is 24.3 Å². The first-order valence-electron chi connectivity index (χ1n) is 8.36. The van der Waals surface area contributed by atoms with Gasteiger partial charge in [0, 0.05) is 39.4 Å². The number of hydrogen-bond donors (Lipinski definition) is 0. The lowest BCUT2D eigenvalue weighted by Crippen LogP contribution is -2.47. The molecule has 3 rings (SSSR count).